The minimum absolute atomic E-state index is 0.0212. The first-order valence-corrected chi connectivity index (χ1v) is 13.1. The zero-order valence-electron chi connectivity index (χ0n) is 24.2. The Morgan fingerprint density at radius 3 is 2.32 bits per heavy atom. The molecule has 41 heavy (non-hydrogen) atoms. The second-order valence-electron chi connectivity index (χ2n) is 9.91. The molecule has 3 aromatic heterocycles. The number of methoxy groups -OCH3 is 4. The van der Waals surface area contributed by atoms with Crippen LogP contribution in [0.15, 0.2) is 57.6 Å². The first-order valence-electron chi connectivity index (χ1n) is 13.1. The lowest BCUT2D eigenvalue weighted by Gasteiger charge is -2.16. The lowest BCUT2D eigenvalue weighted by atomic mass is 9.97. The van der Waals surface area contributed by atoms with Gasteiger partial charge in [-0.05, 0) is 62.1 Å². The highest BCUT2D eigenvalue weighted by Crippen LogP contribution is 2.44. The van der Waals surface area contributed by atoms with Gasteiger partial charge in [-0.2, -0.15) is 0 Å². The van der Waals surface area contributed by atoms with Crippen molar-refractivity contribution in [1.29, 1.82) is 0 Å². The van der Waals surface area contributed by atoms with E-state index >= 15 is 0 Å². The first kappa shape index (κ1) is 27.9. The molecule has 5 aromatic rings. The van der Waals surface area contributed by atoms with Gasteiger partial charge in [0, 0.05) is 41.3 Å². The van der Waals surface area contributed by atoms with Gasteiger partial charge in [0.1, 0.15) is 23.6 Å². The fraction of sp³-hybridized carbons (Fsp3) is 0.281. The smallest absolute Gasteiger partial charge is 0.361 e. The lowest BCUT2D eigenvalue weighted by molar-refractivity contribution is 0.185. The molecular weight excluding hydrogens is 526 g/mol. The lowest BCUT2D eigenvalue weighted by Crippen LogP contribution is -2.07. The summed E-state index contributed by atoms with van der Waals surface area (Å²) in [5.41, 5.74) is 2.86. The summed E-state index contributed by atoms with van der Waals surface area (Å²) >= 11 is 0. The third kappa shape index (κ3) is 4.82. The maximum Gasteiger partial charge on any atom is 0.361 e. The fourth-order valence-electron chi connectivity index (χ4n) is 5.25. The zero-order valence-corrected chi connectivity index (χ0v) is 24.2. The van der Waals surface area contributed by atoms with Gasteiger partial charge >= 0.3 is 5.63 Å². The Labute approximate surface area is 237 Å². The third-order valence-corrected chi connectivity index (χ3v) is 6.96. The van der Waals surface area contributed by atoms with Crippen LogP contribution in [0.25, 0.3) is 44.4 Å². The van der Waals surface area contributed by atoms with Crippen molar-refractivity contribution < 1.29 is 33.2 Å². The molecule has 0 saturated carbocycles. The Kier molecular flexibility index (Phi) is 7.55. The summed E-state index contributed by atoms with van der Waals surface area (Å²) < 4.78 is 35.5. The van der Waals surface area contributed by atoms with Crippen LogP contribution in [0.4, 0.5) is 0 Å². The molecule has 214 valence electrons. The average Bonchev–Trinajstić information content (AvgIpc) is 3.31. The van der Waals surface area contributed by atoms with E-state index in [9.17, 15) is 9.90 Å². The standard InChI is InChI=1S/C32H33NO8/c1-17(2)40-27-12-19-10-11-33-30(22(19)15-26(27)39-7)29(20-8-9-23(37-5)25(13-20)38-6)28-18(3)24(14-21(34)16-36-4)41-32(35)31(28)33/h8-15,17,34H,16H2,1-7H3/b21-14+. The number of hydrogen-bond acceptors (Lipinski definition) is 8. The number of nitrogens with zero attached hydrogens (tertiary/aromatic N) is 1. The van der Waals surface area contributed by atoms with Gasteiger partial charge in [-0.3, -0.25) is 0 Å². The highest BCUT2D eigenvalue weighted by atomic mass is 16.5. The van der Waals surface area contributed by atoms with Crippen molar-refractivity contribution in [3.05, 3.63) is 70.1 Å². The van der Waals surface area contributed by atoms with Crippen molar-refractivity contribution in [3.8, 4) is 34.1 Å². The Bertz CT molecular complexity index is 1860. The summed E-state index contributed by atoms with van der Waals surface area (Å²) in [6.45, 7) is 5.76. The molecule has 0 unspecified atom stereocenters. The highest BCUT2D eigenvalue weighted by molar-refractivity contribution is 6.16. The fourth-order valence-corrected chi connectivity index (χ4v) is 5.25. The summed E-state index contributed by atoms with van der Waals surface area (Å²) in [7, 11) is 6.23. The molecule has 2 aromatic carbocycles. The number of aryl methyl sites for hydroxylation is 1. The molecule has 0 atom stereocenters. The molecule has 3 heterocycles. The number of fused-ring (bicyclic) bond motifs is 5. The van der Waals surface area contributed by atoms with Crippen molar-refractivity contribution >= 4 is 33.3 Å². The second kappa shape index (κ2) is 11.1. The Balaban J connectivity index is 1.98. The molecule has 9 nitrogen and oxygen atoms in total. The van der Waals surface area contributed by atoms with E-state index in [0.29, 0.717) is 39.5 Å². The normalized spacial score (nSPS) is 12.0. The predicted octanol–water partition coefficient (Wildman–Crippen LogP) is 6.53. The van der Waals surface area contributed by atoms with Gasteiger partial charge in [0.05, 0.1) is 33.0 Å². The van der Waals surface area contributed by atoms with E-state index in [1.807, 2.05) is 67.8 Å². The average molecular weight is 560 g/mol. The quantitative estimate of drug-likeness (QED) is 0.203. The maximum absolute atomic E-state index is 13.6. The summed E-state index contributed by atoms with van der Waals surface area (Å²) in [4.78, 5) is 13.6. The number of benzene rings is 2. The van der Waals surface area contributed by atoms with E-state index in [-0.39, 0.29) is 24.2 Å². The summed E-state index contributed by atoms with van der Waals surface area (Å²) in [5, 5.41) is 12.8. The molecule has 0 aliphatic carbocycles. The molecule has 1 N–H and O–H groups in total. The van der Waals surface area contributed by atoms with Crippen LogP contribution >= 0.6 is 0 Å². The summed E-state index contributed by atoms with van der Waals surface area (Å²) in [6, 6.07) is 11.4. The zero-order chi connectivity index (χ0) is 29.4. The molecule has 0 bridgehead atoms. The van der Waals surface area contributed by atoms with E-state index in [1.165, 1.54) is 13.2 Å². The van der Waals surface area contributed by atoms with Crippen molar-refractivity contribution in [2.75, 3.05) is 35.0 Å². The molecule has 0 spiro atoms. The molecule has 9 heteroatoms. The van der Waals surface area contributed by atoms with Crippen LogP contribution in [0, 0.1) is 6.92 Å². The van der Waals surface area contributed by atoms with Crippen LogP contribution in [-0.2, 0) is 4.74 Å². The number of aliphatic hydroxyl groups excluding tert-OH is 1. The number of aromatic nitrogens is 1. The molecule has 5 rings (SSSR count). The Morgan fingerprint density at radius 1 is 0.951 bits per heavy atom. The molecular formula is C32H33NO8. The van der Waals surface area contributed by atoms with Crippen LogP contribution in [0.2, 0.25) is 0 Å². The van der Waals surface area contributed by atoms with Crippen LogP contribution in [0.5, 0.6) is 23.0 Å². The Morgan fingerprint density at radius 2 is 1.66 bits per heavy atom. The van der Waals surface area contributed by atoms with Gasteiger partial charge < -0.3 is 37.6 Å². The van der Waals surface area contributed by atoms with Crippen LogP contribution in [0.1, 0.15) is 25.2 Å². The molecule has 0 fully saturated rings. The first-order chi connectivity index (χ1) is 19.7. The maximum atomic E-state index is 13.6. The van der Waals surface area contributed by atoms with Crippen LogP contribution in [-0.4, -0.2) is 50.7 Å². The molecule has 0 aliphatic heterocycles. The Hall–Kier alpha value is -4.63. The van der Waals surface area contributed by atoms with Gasteiger partial charge in [0.15, 0.2) is 23.0 Å². The van der Waals surface area contributed by atoms with Crippen molar-refractivity contribution in [2.24, 2.45) is 0 Å². The molecule has 0 radical (unpaired) electrons. The predicted molar refractivity (Wildman–Crippen MR) is 159 cm³/mol. The van der Waals surface area contributed by atoms with Crippen LogP contribution in [0.3, 0.4) is 0 Å². The van der Waals surface area contributed by atoms with E-state index < -0.39 is 5.63 Å². The molecule has 0 saturated heterocycles. The monoisotopic (exact) mass is 559 g/mol. The molecule has 0 aliphatic rings. The van der Waals surface area contributed by atoms with Gasteiger partial charge in [-0.25, -0.2) is 4.79 Å². The minimum Gasteiger partial charge on any atom is -0.510 e. The van der Waals surface area contributed by atoms with E-state index in [1.54, 1.807) is 21.3 Å². The van der Waals surface area contributed by atoms with E-state index in [0.717, 1.165) is 27.4 Å². The number of rotatable bonds is 9. The largest absolute Gasteiger partial charge is 0.510 e. The molecule has 0 amide bonds. The van der Waals surface area contributed by atoms with Gasteiger partial charge in [-0.1, -0.05) is 6.07 Å². The number of pyridine rings is 1. The third-order valence-electron chi connectivity index (χ3n) is 6.96. The number of ether oxygens (including phenoxy) is 5. The minimum atomic E-state index is -0.546. The highest BCUT2D eigenvalue weighted by Gasteiger charge is 2.24. The van der Waals surface area contributed by atoms with Gasteiger partial charge in [0.25, 0.3) is 0 Å². The SMILES string of the molecule is COC/C(O)=C\c1oc(=O)c2c(c1C)c(-c1ccc(OC)c(OC)c1)c1c3cc(OC)c(OC(C)C)cc3ccn12. The summed E-state index contributed by atoms with van der Waals surface area (Å²) in [6.07, 6.45) is 3.22. The van der Waals surface area contributed by atoms with Crippen molar-refractivity contribution in [1.82, 2.24) is 4.40 Å². The van der Waals surface area contributed by atoms with Crippen molar-refractivity contribution in [3.63, 3.8) is 0 Å². The van der Waals surface area contributed by atoms with Gasteiger partial charge in [0.2, 0.25) is 0 Å². The summed E-state index contributed by atoms with van der Waals surface area (Å²) in [5.74, 6) is 2.49. The topological polar surface area (TPSA) is 101 Å². The van der Waals surface area contributed by atoms with E-state index in [2.05, 4.69) is 0 Å². The second-order valence-corrected chi connectivity index (χ2v) is 9.91. The van der Waals surface area contributed by atoms with Crippen molar-refractivity contribution in [2.45, 2.75) is 26.9 Å². The van der Waals surface area contributed by atoms with E-state index in [4.69, 9.17) is 28.1 Å². The van der Waals surface area contributed by atoms with Crippen LogP contribution < -0.4 is 24.6 Å². The number of hydrogen-bond donors (Lipinski definition) is 1. The number of aliphatic hydroxyl groups is 1. The van der Waals surface area contributed by atoms with Gasteiger partial charge in [-0.15, -0.1) is 0 Å².